The van der Waals surface area contributed by atoms with Crippen LogP contribution < -0.4 is 9.47 Å². The molecule has 3 aromatic carbocycles. The molecule has 7 nitrogen and oxygen atoms in total. The highest BCUT2D eigenvalue weighted by Gasteiger charge is 2.30. The normalized spacial score (nSPS) is 15.5. The first-order valence-corrected chi connectivity index (χ1v) is 12.8. The van der Waals surface area contributed by atoms with Gasteiger partial charge in [-0.25, -0.2) is 9.79 Å². The second-order valence-corrected chi connectivity index (χ2v) is 9.72. The van der Waals surface area contributed by atoms with Crippen molar-refractivity contribution in [1.82, 2.24) is 4.90 Å². The van der Waals surface area contributed by atoms with Crippen LogP contribution in [0.2, 0.25) is 10.0 Å². The molecule has 0 saturated carbocycles. The Morgan fingerprint density at radius 3 is 2.46 bits per heavy atom. The molecule has 0 spiro atoms. The van der Waals surface area contributed by atoms with Gasteiger partial charge in [0, 0.05) is 7.05 Å². The number of carbonyl (C=O) groups is 2. The van der Waals surface area contributed by atoms with Crippen LogP contribution >= 0.6 is 35.0 Å². The lowest BCUT2D eigenvalue weighted by Gasteiger charge is -2.13. The SMILES string of the molecule is CCOc1cc(/C=C2\SC(=Nc3ccc(C(=O)O)cc3)N(C)C2=O)ccc1OCc1ccc(Cl)c(Cl)c1. The Morgan fingerprint density at radius 2 is 1.78 bits per heavy atom. The predicted octanol–water partition coefficient (Wildman–Crippen LogP) is 6.90. The summed E-state index contributed by atoms with van der Waals surface area (Å²) in [6.45, 7) is 2.60. The van der Waals surface area contributed by atoms with Crippen molar-refractivity contribution >= 4 is 63.8 Å². The molecule has 0 aliphatic carbocycles. The molecule has 1 fully saturated rings. The van der Waals surface area contributed by atoms with Crippen molar-refractivity contribution in [1.29, 1.82) is 0 Å². The smallest absolute Gasteiger partial charge is 0.335 e. The molecule has 37 heavy (non-hydrogen) atoms. The number of rotatable bonds is 8. The van der Waals surface area contributed by atoms with Gasteiger partial charge in [-0.05, 0) is 84.4 Å². The van der Waals surface area contributed by atoms with Gasteiger partial charge in [0.25, 0.3) is 5.91 Å². The third-order valence-electron chi connectivity index (χ3n) is 5.29. The molecule has 1 heterocycles. The number of amides is 1. The van der Waals surface area contributed by atoms with Crippen molar-refractivity contribution in [3.8, 4) is 11.5 Å². The van der Waals surface area contributed by atoms with Gasteiger partial charge in [0.1, 0.15) is 6.61 Å². The van der Waals surface area contributed by atoms with Gasteiger partial charge in [-0.15, -0.1) is 0 Å². The van der Waals surface area contributed by atoms with Crippen LogP contribution in [0, 0.1) is 0 Å². The fourth-order valence-corrected chi connectivity index (χ4v) is 4.69. The van der Waals surface area contributed by atoms with E-state index in [9.17, 15) is 9.59 Å². The first kappa shape index (κ1) is 26.6. The number of carboxylic acids is 1. The number of benzene rings is 3. The Labute approximate surface area is 228 Å². The van der Waals surface area contributed by atoms with Gasteiger partial charge in [0.05, 0.1) is 32.8 Å². The molecule has 190 valence electrons. The number of nitrogens with zero attached hydrogens (tertiary/aromatic N) is 2. The first-order chi connectivity index (χ1) is 17.7. The summed E-state index contributed by atoms with van der Waals surface area (Å²) in [6.07, 6.45) is 1.77. The lowest BCUT2D eigenvalue weighted by atomic mass is 10.1. The minimum absolute atomic E-state index is 0.169. The average Bonchev–Trinajstić information content (AvgIpc) is 3.13. The van der Waals surface area contributed by atoms with E-state index in [4.69, 9.17) is 37.8 Å². The van der Waals surface area contributed by atoms with Crippen molar-refractivity contribution in [3.63, 3.8) is 0 Å². The number of thioether (sulfide) groups is 1. The standard InChI is InChI=1S/C27H22Cl2N2O5S/c1-3-35-23-13-16(5-11-22(23)36-15-17-4-10-20(28)21(29)12-17)14-24-25(32)31(2)27(37-24)30-19-8-6-18(7-9-19)26(33)34/h4-14H,3,15H2,1-2H3,(H,33,34)/b24-14-,30-27?. The molecule has 0 radical (unpaired) electrons. The van der Waals surface area contributed by atoms with Crippen molar-refractivity contribution < 1.29 is 24.2 Å². The monoisotopic (exact) mass is 556 g/mol. The van der Waals surface area contributed by atoms with E-state index in [0.29, 0.717) is 43.9 Å². The molecule has 1 saturated heterocycles. The van der Waals surface area contributed by atoms with Crippen molar-refractivity contribution in [2.24, 2.45) is 4.99 Å². The number of ether oxygens (including phenoxy) is 2. The maximum Gasteiger partial charge on any atom is 0.335 e. The van der Waals surface area contributed by atoms with E-state index < -0.39 is 5.97 Å². The van der Waals surface area contributed by atoms with Crippen LogP contribution in [0.25, 0.3) is 6.08 Å². The van der Waals surface area contributed by atoms with E-state index in [1.165, 1.54) is 28.8 Å². The number of hydrogen-bond acceptors (Lipinski definition) is 6. The summed E-state index contributed by atoms with van der Waals surface area (Å²) in [5.41, 5.74) is 2.35. The summed E-state index contributed by atoms with van der Waals surface area (Å²) in [7, 11) is 1.65. The Bertz CT molecular complexity index is 1410. The van der Waals surface area contributed by atoms with E-state index in [-0.39, 0.29) is 18.1 Å². The minimum Gasteiger partial charge on any atom is -0.490 e. The zero-order valence-corrected chi connectivity index (χ0v) is 22.2. The number of hydrogen-bond donors (Lipinski definition) is 1. The van der Waals surface area contributed by atoms with Crippen molar-refractivity contribution in [3.05, 3.63) is 92.3 Å². The average molecular weight is 557 g/mol. The molecule has 1 N–H and O–H groups in total. The van der Waals surface area contributed by atoms with Crippen LogP contribution in [-0.2, 0) is 11.4 Å². The van der Waals surface area contributed by atoms with Gasteiger partial charge in [-0.1, -0.05) is 35.3 Å². The summed E-state index contributed by atoms with van der Waals surface area (Å²) >= 11 is 13.3. The van der Waals surface area contributed by atoms with E-state index >= 15 is 0 Å². The topological polar surface area (TPSA) is 88.4 Å². The predicted molar refractivity (Wildman–Crippen MR) is 147 cm³/mol. The number of amidine groups is 1. The molecule has 1 aliphatic heterocycles. The van der Waals surface area contributed by atoms with Crippen LogP contribution in [0.4, 0.5) is 5.69 Å². The van der Waals surface area contributed by atoms with Gasteiger partial charge < -0.3 is 14.6 Å². The minimum atomic E-state index is -1.01. The summed E-state index contributed by atoms with van der Waals surface area (Å²) in [5, 5.41) is 10.5. The van der Waals surface area contributed by atoms with Crippen LogP contribution in [-0.4, -0.2) is 40.7 Å². The Hall–Kier alpha value is -3.46. The number of carbonyl (C=O) groups excluding carboxylic acids is 1. The van der Waals surface area contributed by atoms with Crippen LogP contribution in [0.5, 0.6) is 11.5 Å². The Morgan fingerprint density at radius 1 is 1.03 bits per heavy atom. The quantitative estimate of drug-likeness (QED) is 0.303. The maximum atomic E-state index is 12.8. The summed E-state index contributed by atoms with van der Waals surface area (Å²) < 4.78 is 11.7. The van der Waals surface area contributed by atoms with Gasteiger partial charge in [-0.2, -0.15) is 0 Å². The molecule has 1 aliphatic rings. The molecule has 0 bridgehead atoms. The van der Waals surface area contributed by atoms with Crippen LogP contribution in [0.3, 0.4) is 0 Å². The van der Waals surface area contributed by atoms with Gasteiger partial charge in [0.2, 0.25) is 0 Å². The maximum absolute atomic E-state index is 12.8. The van der Waals surface area contributed by atoms with E-state index in [2.05, 4.69) is 4.99 Å². The fourth-order valence-electron chi connectivity index (χ4n) is 3.38. The molecular formula is C27H22Cl2N2O5S. The number of likely N-dealkylation sites (N-methyl/N-ethyl adjacent to an activating group) is 1. The molecule has 4 rings (SSSR count). The molecule has 0 aromatic heterocycles. The molecule has 0 unspecified atom stereocenters. The van der Waals surface area contributed by atoms with Crippen LogP contribution in [0.1, 0.15) is 28.4 Å². The van der Waals surface area contributed by atoms with E-state index in [1.54, 1.807) is 43.5 Å². The third kappa shape index (κ3) is 6.46. The molecule has 0 atom stereocenters. The fraction of sp³-hybridized carbons (Fsp3) is 0.148. The Balaban J connectivity index is 1.52. The van der Waals surface area contributed by atoms with Gasteiger partial charge >= 0.3 is 5.97 Å². The van der Waals surface area contributed by atoms with E-state index in [1.807, 2.05) is 25.1 Å². The molecule has 10 heteroatoms. The van der Waals surface area contributed by atoms with Crippen LogP contribution in [0.15, 0.2) is 70.6 Å². The summed E-state index contributed by atoms with van der Waals surface area (Å²) in [6, 6.07) is 16.9. The van der Waals surface area contributed by atoms with Crippen molar-refractivity contribution in [2.75, 3.05) is 13.7 Å². The van der Waals surface area contributed by atoms with Gasteiger partial charge in [-0.3, -0.25) is 9.69 Å². The number of aromatic carboxylic acids is 1. The highest BCUT2D eigenvalue weighted by molar-refractivity contribution is 8.18. The largest absolute Gasteiger partial charge is 0.490 e. The second-order valence-electron chi connectivity index (χ2n) is 7.90. The highest BCUT2D eigenvalue weighted by atomic mass is 35.5. The lowest BCUT2D eigenvalue weighted by molar-refractivity contribution is -0.121. The van der Waals surface area contributed by atoms with Gasteiger partial charge in [0.15, 0.2) is 16.7 Å². The second kappa shape index (κ2) is 11.7. The number of halogens is 2. The highest BCUT2D eigenvalue weighted by Crippen LogP contribution is 2.35. The molecular weight excluding hydrogens is 535 g/mol. The summed E-state index contributed by atoms with van der Waals surface area (Å²) in [5.74, 6) is -0.0919. The first-order valence-electron chi connectivity index (χ1n) is 11.2. The van der Waals surface area contributed by atoms with E-state index in [0.717, 1.165) is 11.1 Å². The van der Waals surface area contributed by atoms with Crippen molar-refractivity contribution in [2.45, 2.75) is 13.5 Å². The third-order valence-corrected chi connectivity index (χ3v) is 7.09. The Kier molecular flexibility index (Phi) is 8.43. The molecule has 3 aromatic rings. The number of carboxylic acid groups (broad SMARTS) is 1. The zero-order valence-electron chi connectivity index (χ0n) is 19.9. The molecule has 1 amide bonds. The lowest BCUT2D eigenvalue weighted by Crippen LogP contribution is -2.23. The summed E-state index contributed by atoms with van der Waals surface area (Å²) in [4.78, 5) is 30.3. The number of aliphatic imine (C=N–C) groups is 1. The zero-order chi connectivity index (χ0) is 26.5.